The molecule has 168 valence electrons. The summed E-state index contributed by atoms with van der Waals surface area (Å²) >= 11 is 8.56. The Labute approximate surface area is 196 Å². The molecule has 0 radical (unpaired) electrons. The molecule has 10 nitrogen and oxygen atoms in total. The number of halogens is 1. The summed E-state index contributed by atoms with van der Waals surface area (Å²) in [5, 5.41) is 23.8. The van der Waals surface area contributed by atoms with Crippen LogP contribution in [0.25, 0.3) is 0 Å². The van der Waals surface area contributed by atoms with Gasteiger partial charge in [0.1, 0.15) is 17.1 Å². The predicted molar refractivity (Wildman–Crippen MR) is 120 cm³/mol. The van der Waals surface area contributed by atoms with Crippen molar-refractivity contribution in [1.29, 1.82) is 0 Å². The normalized spacial score (nSPS) is 23.7. The van der Waals surface area contributed by atoms with Crippen LogP contribution >= 0.6 is 35.1 Å². The lowest BCUT2D eigenvalue weighted by molar-refractivity contribution is -0.150. The number of aromatic nitrogens is 4. The number of tetrazole rings is 1. The minimum Gasteiger partial charge on any atom is -0.477 e. The number of thioether (sulfide) groups is 2. The number of amides is 2. The Kier molecular flexibility index (Phi) is 6.72. The highest BCUT2D eigenvalue weighted by Gasteiger charge is 2.54. The first-order chi connectivity index (χ1) is 15.4. The van der Waals surface area contributed by atoms with Gasteiger partial charge < -0.3 is 10.4 Å². The third-order valence-corrected chi connectivity index (χ3v) is 7.89. The van der Waals surface area contributed by atoms with Gasteiger partial charge in [-0.15, -0.1) is 16.9 Å². The molecule has 4 rings (SSSR count). The van der Waals surface area contributed by atoms with Crippen LogP contribution in [-0.2, 0) is 21.4 Å². The van der Waals surface area contributed by atoms with Gasteiger partial charge in [-0.1, -0.05) is 41.6 Å². The first-order valence-corrected chi connectivity index (χ1v) is 12.1. The molecule has 0 spiro atoms. The second-order valence-corrected chi connectivity index (χ2v) is 9.49. The van der Waals surface area contributed by atoms with Crippen LogP contribution in [0, 0.1) is 0 Å². The third kappa shape index (κ3) is 4.34. The van der Waals surface area contributed by atoms with E-state index in [9.17, 15) is 19.5 Å². The second-order valence-electron chi connectivity index (χ2n) is 7.22. The van der Waals surface area contributed by atoms with E-state index in [-0.39, 0.29) is 18.0 Å². The van der Waals surface area contributed by atoms with Crippen LogP contribution in [0.15, 0.2) is 51.3 Å². The molecule has 13 heteroatoms. The molecule has 0 saturated carbocycles. The summed E-state index contributed by atoms with van der Waals surface area (Å²) in [6, 6.07) is -0.762. The van der Waals surface area contributed by atoms with E-state index in [0.29, 0.717) is 28.7 Å². The monoisotopic (exact) mass is 494 g/mol. The number of aryl methyl sites for hydroxylation is 1. The van der Waals surface area contributed by atoms with Crippen molar-refractivity contribution in [1.82, 2.24) is 30.4 Å². The Morgan fingerprint density at radius 3 is 2.97 bits per heavy atom. The summed E-state index contributed by atoms with van der Waals surface area (Å²) in [7, 11) is 1.69. The van der Waals surface area contributed by atoms with Gasteiger partial charge in [0.05, 0.1) is 6.42 Å². The average Bonchev–Trinajstić information content (AvgIpc) is 3.20. The molecule has 3 aliphatic rings. The van der Waals surface area contributed by atoms with Gasteiger partial charge in [0.15, 0.2) is 0 Å². The van der Waals surface area contributed by atoms with Crippen LogP contribution in [0.3, 0.4) is 0 Å². The Bertz CT molecular complexity index is 1100. The molecule has 2 atom stereocenters. The zero-order valence-electron chi connectivity index (χ0n) is 16.9. The number of nitrogens with zero attached hydrogens (tertiary/aromatic N) is 5. The molecule has 1 aromatic heterocycles. The number of β-lactam (4-membered cyclic amide) rings is 1. The SMILES string of the molecule is Cn1nnnc1SCC1=C(C(=O)O)N2C(=O)C(NC(=O)CC3=CC=CCC3=CCl)[C@@H]2SC1. The number of carbonyl (C=O) groups excluding carboxylic acids is 2. The maximum absolute atomic E-state index is 12.8. The van der Waals surface area contributed by atoms with Crippen molar-refractivity contribution in [2.24, 2.45) is 7.05 Å². The molecule has 1 aliphatic carbocycles. The van der Waals surface area contributed by atoms with Gasteiger partial charge in [-0.3, -0.25) is 14.5 Å². The number of aliphatic carboxylic acids is 1. The van der Waals surface area contributed by atoms with Crippen molar-refractivity contribution >= 4 is 52.9 Å². The van der Waals surface area contributed by atoms with Crippen LogP contribution < -0.4 is 5.32 Å². The Hall–Kier alpha value is -2.57. The minimum absolute atomic E-state index is 0.0284. The zero-order valence-corrected chi connectivity index (χ0v) is 19.3. The molecule has 3 heterocycles. The second kappa shape index (κ2) is 9.51. The summed E-state index contributed by atoms with van der Waals surface area (Å²) in [6.07, 6.45) is 6.37. The van der Waals surface area contributed by atoms with Crippen LogP contribution in [0.4, 0.5) is 0 Å². The lowest BCUT2D eigenvalue weighted by Crippen LogP contribution is -2.70. The number of carbonyl (C=O) groups is 3. The maximum Gasteiger partial charge on any atom is 0.352 e. The number of carboxylic acids is 1. The molecule has 0 aromatic carbocycles. The molecule has 2 N–H and O–H groups in total. The number of fused-ring (bicyclic) bond motifs is 1. The van der Waals surface area contributed by atoms with Crippen molar-refractivity contribution in [2.75, 3.05) is 11.5 Å². The lowest BCUT2D eigenvalue weighted by Gasteiger charge is -2.49. The summed E-state index contributed by atoms with van der Waals surface area (Å²) in [5.74, 6) is -1.14. The Balaban J connectivity index is 1.43. The van der Waals surface area contributed by atoms with E-state index in [1.807, 2.05) is 18.2 Å². The third-order valence-electron chi connectivity index (χ3n) is 5.19. The predicted octanol–water partition coefficient (Wildman–Crippen LogP) is 1.44. The first-order valence-electron chi connectivity index (χ1n) is 9.60. The van der Waals surface area contributed by atoms with E-state index in [0.717, 1.165) is 11.1 Å². The number of nitrogens with one attached hydrogen (secondary N) is 1. The fraction of sp³-hybridized carbons (Fsp3) is 0.368. The van der Waals surface area contributed by atoms with Crippen LogP contribution in [0.1, 0.15) is 12.8 Å². The van der Waals surface area contributed by atoms with Crippen molar-refractivity contribution in [2.45, 2.75) is 29.4 Å². The first kappa shape index (κ1) is 22.6. The highest BCUT2D eigenvalue weighted by atomic mass is 35.5. The largest absolute Gasteiger partial charge is 0.477 e. The fourth-order valence-corrected chi connectivity index (χ4v) is 6.16. The molecular formula is C19H19ClN6O4S2. The van der Waals surface area contributed by atoms with Crippen molar-refractivity contribution in [3.05, 3.63) is 46.2 Å². The fourth-order valence-electron chi connectivity index (χ4n) is 3.59. The molecule has 1 unspecified atom stereocenters. The average molecular weight is 495 g/mol. The highest BCUT2D eigenvalue weighted by Crippen LogP contribution is 2.41. The summed E-state index contributed by atoms with van der Waals surface area (Å²) in [4.78, 5) is 38.6. The minimum atomic E-state index is -1.17. The number of rotatable bonds is 7. The topological polar surface area (TPSA) is 130 Å². The standard InChI is InChI=1S/C19H19ClN6O4S2/c1-25-19(22-23-24-25)32-9-12-8-31-17-14(16(28)26(17)15(12)18(29)30)21-13(27)6-10-4-2-3-5-11(10)7-20/h2-4,7,14,17H,5-6,8-9H2,1H3,(H,21,27)(H,29,30)/t14?,17-/m0/s1. The molecule has 2 amide bonds. The quantitative estimate of drug-likeness (QED) is 0.427. The summed E-state index contributed by atoms with van der Waals surface area (Å²) < 4.78 is 1.49. The van der Waals surface area contributed by atoms with Gasteiger partial charge in [0, 0.05) is 24.1 Å². The summed E-state index contributed by atoms with van der Waals surface area (Å²) in [6.45, 7) is 0. The van der Waals surface area contributed by atoms with E-state index in [1.165, 1.54) is 38.6 Å². The molecule has 1 fully saturated rings. The van der Waals surface area contributed by atoms with Crippen molar-refractivity contribution < 1.29 is 19.5 Å². The van der Waals surface area contributed by atoms with Gasteiger partial charge in [0.2, 0.25) is 11.1 Å². The lowest BCUT2D eigenvalue weighted by atomic mass is 9.96. The van der Waals surface area contributed by atoms with Gasteiger partial charge >= 0.3 is 5.97 Å². The maximum atomic E-state index is 12.8. The van der Waals surface area contributed by atoms with Crippen molar-refractivity contribution in [3.63, 3.8) is 0 Å². The van der Waals surface area contributed by atoms with Gasteiger partial charge in [0.25, 0.3) is 5.91 Å². The van der Waals surface area contributed by atoms with Gasteiger partial charge in [-0.25, -0.2) is 9.48 Å². The molecule has 1 aromatic rings. The van der Waals surface area contributed by atoms with Crippen LogP contribution in [-0.4, -0.2) is 70.9 Å². The molecule has 32 heavy (non-hydrogen) atoms. The van der Waals surface area contributed by atoms with Gasteiger partial charge in [-0.2, -0.15) is 0 Å². The smallest absolute Gasteiger partial charge is 0.352 e. The van der Waals surface area contributed by atoms with E-state index in [1.54, 1.807) is 7.05 Å². The van der Waals surface area contributed by atoms with E-state index in [2.05, 4.69) is 20.8 Å². The van der Waals surface area contributed by atoms with Crippen LogP contribution in [0.2, 0.25) is 0 Å². The van der Waals surface area contributed by atoms with Gasteiger partial charge in [-0.05, 0) is 33.6 Å². The number of hydrogen-bond donors (Lipinski definition) is 2. The molecular weight excluding hydrogens is 476 g/mol. The van der Waals surface area contributed by atoms with E-state index in [4.69, 9.17) is 11.6 Å². The van der Waals surface area contributed by atoms with Crippen LogP contribution in [0.5, 0.6) is 0 Å². The van der Waals surface area contributed by atoms with E-state index < -0.39 is 23.3 Å². The van der Waals surface area contributed by atoms with E-state index >= 15 is 0 Å². The molecule has 1 saturated heterocycles. The Morgan fingerprint density at radius 1 is 1.47 bits per heavy atom. The molecule has 2 aliphatic heterocycles. The zero-order chi connectivity index (χ0) is 22.8. The Morgan fingerprint density at radius 2 is 2.28 bits per heavy atom. The highest BCUT2D eigenvalue weighted by molar-refractivity contribution is 8.01. The summed E-state index contributed by atoms with van der Waals surface area (Å²) in [5.41, 5.74) is 3.69. The number of allylic oxidation sites excluding steroid dienone is 4. The number of carboxylic acid groups (broad SMARTS) is 1. The number of hydrogen-bond acceptors (Lipinski definition) is 8. The van der Waals surface area contributed by atoms with Crippen molar-refractivity contribution in [3.8, 4) is 0 Å². The molecule has 0 bridgehead atoms.